The highest BCUT2D eigenvalue weighted by molar-refractivity contribution is 5.72. The van der Waals surface area contributed by atoms with Crippen LogP contribution in [-0.4, -0.2) is 37.1 Å². The highest BCUT2D eigenvalue weighted by Gasteiger charge is 2.25. The molecule has 16 heavy (non-hydrogen) atoms. The third-order valence-corrected chi connectivity index (χ3v) is 3.15. The Morgan fingerprint density at radius 2 is 2.00 bits per heavy atom. The molecule has 1 rings (SSSR count). The fourth-order valence-corrected chi connectivity index (χ4v) is 2.01. The molecule has 0 N–H and O–H groups in total. The molecule has 1 saturated heterocycles. The van der Waals surface area contributed by atoms with Crippen molar-refractivity contribution in [3.05, 3.63) is 12.2 Å². The molecule has 0 atom stereocenters. The van der Waals surface area contributed by atoms with Gasteiger partial charge < -0.3 is 4.74 Å². The number of carbonyl (C=O) groups is 1. The van der Waals surface area contributed by atoms with Crippen molar-refractivity contribution in [3.8, 4) is 0 Å². The zero-order valence-corrected chi connectivity index (χ0v) is 10.5. The van der Waals surface area contributed by atoms with Crippen LogP contribution in [0.15, 0.2) is 12.2 Å². The number of rotatable bonds is 5. The third kappa shape index (κ3) is 3.97. The van der Waals surface area contributed by atoms with Gasteiger partial charge in [0.05, 0.1) is 12.5 Å². The summed E-state index contributed by atoms with van der Waals surface area (Å²) in [5.41, 5.74) is 1.27. The van der Waals surface area contributed by atoms with Crippen LogP contribution in [0.25, 0.3) is 0 Å². The molecule has 1 aliphatic rings. The van der Waals surface area contributed by atoms with Gasteiger partial charge in [0, 0.05) is 6.54 Å². The van der Waals surface area contributed by atoms with Crippen molar-refractivity contribution in [2.45, 2.75) is 33.1 Å². The second-order valence-electron chi connectivity index (χ2n) is 4.41. The molecule has 1 fully saturated rings. The molecule has 92 valence electrons. The van der Waals surface area contributed by atoms with Crippen molar-refractivity contribution < 1.29 is 9.53 Å². The Bertz CT molecular complexity index is 242. The minimum atomic E-state index is -0.0172. The molecule has 3 heteroatoms. The average molecular weight is 225 g/mol. The topological polar surface area (TPSA) is 29.5 Å². The number of piperidine rings is 1. The van der Waals surface area contributed by atoms with E-state index < -0.39 is 0 Å². The van der Waals surface area contributed by atoms with Gasteiger partial charge in [-0.25, -0.2) is 0 Å². The van der Waals surface area contributed by atoms with Gasteiger partial charge in [0.15, 0.2) is 0 Å². The van der Waals surface area contributed by atoms with Crippen molar-refractivity contribution in [1.82, 2.24) is 4.90 Å². The molecule has 0 radical (unpaired) electrons. The molecule has 0 spiro atoms. The van der Waals surface area contributed by atoms with E-state index in [9.17, 15) is 4.79 Å². The van der Waals surface area contributed by atoms with E-state index >= 15 is 0 Å². The van der Waals surface area contributed by atoms with E-state index in [1.807, 2.05) is 6.92 Å². The van der Waals surface area contributed by atoms with Crippen LogP contribution in [0.1, 0.15) is 33.1 Å². The van der Waals surface area contributed by atoms with Crippen LogP contribution in [0, 0.1) is 5.92 Å². The van der Waals surface area contributed by atoms with Crippen molar-refractivity contribution in [3.63, 3.8) is 0 Å². The first kappa shape index (κ1) is 13.2. The molecule has 0 unspecified atom stereocenters. The highest BCUT2D eigenvalue weighted by Crippen LogP contribution is 2.19. The van der Waals surface area contributed by atoms with Gasteiger partial charge in [-0.2, -0.15) is 0 Å². The second-order valence-corrected chi connectivity index (χ2v) is 4.41. The molecule has 3 nitrogen and oxygen atoms in total. The summed E-state index contributed by atoms with van der Waals surface area (Å²) in [6.07, 6.45) is 2.89. The SMILES string of the molecule is C=C(CC)CN1CCC(C(=O)OCC)CC1. The first-order valence-corrected chi connectivity index (χ1v) is 6.23. The average Bonchev–Trinajstić information content (AvgIpc) is 2.30. The number of carbonyl (C=O) groups excluding carboxylic acids is 1. The zero-order chi connectivity index (χ0) is 12.0. The minimum Gasteiger partial charge on any atom is -0.466 e. The van der Waals surface area contributed by atoms with Gasteiger partial charge in [0.2, 0.25) is 0 Å². The standard InChI is InChI=1S/C13H23NO2/c1-4-11(3)10-14-8-6-12(7-9-14)13(15)16-5-2/h12H,3-10H2,1-2H3. The molecule has 1 heterocycles. The van der Waals surface area contributed by atoms with Crippen molar-refractivity contribution in [2.75, 3.05) is 26.2 Å². The van der Waals surface area contributed by atoms with Gasteiger partial charge >= 0.3 is 5.97 Å². The number of nitrogens with zero attached hydrogens (tertiary/aromatic N) is 1. The Kier molecular flexibility index (Phi) is 5.53. The summed E-state index contributed by atoms with van der Waals surface area (Å²) in [5.74, 6) is 0.0996. The van der Waals surface area contributed by atoms with Crippen LogP contribution in [0.3, 0.4) is 0 Å². The summed E-state index contributed by atoms with van der Waals surface area (Å²) in [6.45, 7) is 11.5. The Morgan fingerprint density at radius 3 is 2.50 bits per heavy atom. The third-order valence-electron chi connectivity index (χ3n) is 3.15. The summed E-state index contributed by atoms with van der Waals surface area (Å²) < 4.78 is 5.04. The summed E-state index contributed by atoms with van der Waals surface area (Å²) in [4.78, 5) is 13.9. The van der Waals surface area contributed by atoms with E-state index in [4.69, 9.17) is 4.74 Å². The fraction of sp³-hybridized carbons (Fsp3) is 0.769. The van der Waals surface area contributed by atoms with Gasteiger partial charge in [-0.05, 0) is 39.3 Å². The molecular weight excluding hydrogens is 202 g/mol. The van der Waals surface area contributed by atoms with Crippen LogP contribution in [-0.2, 0) is 9.53 Å². The van der Waals surface area contributed by atoms with E-state index in [1.165, 1.54) is 5.57 Å². The summed E-state index contributed by atoms with van der Waals surface area (Å²) in [6, 6.07) is 0. The van der Waals surface area contributed by atoms with E-state index in [0.29, 0.717) is 6.61 Å². The molecule has 0 saturated carbocycles. The summed E-state index contributed by atoms with van der Waals surface area (Å²) in [7, 11) is 0. The Hall–Kier alpha value is -0.830. The van der Waals surface area contributed by atoms with Crippen LogP contribution in [0.5, 0.6) is 0 Å². The van der Waals surface area contributed by atoms with Gasteiger partial charge in [-0.3, -0.25) is 9.69 Å². The normalized spacial score (nSPS) is 18.4. The van der Waals surface area contributed by atoms with Crippen molar-refractivity contribution >= 4 is 5.97 Å². The van der Waals surface area contributed by atoms with Crippen molar-refractivity contribution in [2.24, 2.45) is 5.92 Å². The highest BCUT2D eigenvalue weighted by atomic mass is 16.5. The predicted octanol–water partition coefficient (Wildman–Crippen LogP) is 2.23. The van der Waals surface area contributed by atoms with E-state index in [0.717, 1.165) is 38.9 Å². The van der Waals surface area contributed by atoms with Gasteiger partial charge in [-0.15, -0.1) is 0 Å². The lowest BCUT2D eigenvalue weighted by molar-refractivity contribution is -0.149. The Balaban J connectivity index is 2.28. The molecular formula is C13H23NO2. The van der Waals surface area contributed by atoms with Gasteiger partial charge in [-0.1, -0.05) is 19.1 Å². The van der Waals surface area contributed by atoms with E-state index in [2.05, 4.69) is 18.4 Å². The van der Waals surface area contributed by atoms with Gasteiger partial charge in [0.1, 0.15) is 0 Å². The van der Waals surface area contributed by atoms with Crippen molar-refractivity contribution in [1.29, 1.82) is 0 Å². The second kappa shape index (κ2) is 6.69. The first-order chi connectivity index (χ1) is 7.67. The van der Waals surface area contributed by atoms with Crippen LogP contribution < -0.4 is 0 Å². The maximum absolute atomic E-state index is 11.5. The summed E-state index contributed by atoms with van der Waals surface area (Å²) >= 11 is 0. The minimum absolute atomic E-state index is 0.0172. The first-order valence-electron chi connectivity index (χ1n) is 6.23. The molecule has 0 aromatic carbocycles. The predicted molar refractivity (Wildman–Crippen MR) is 65.2 cm³/mol. The van der Waals surface area contributed by atoms with Gasteiger partial charge in [0.25, 0.3) is 0 Å². The quantitative estimate of drug-likeness (QED) is 0.531. The summed E-state index contributed by atoms with van der Waals surface area (Å²) in [5, 5.41) is 0. The van der Waals surface area contributed by atoms with Crippen LogP contribution in [0.4, 0.5) is 0 Å². The van der Waals surface area contributed by atoms with E-state index in [-0.39, 0.29) is 11.9 Å². The van der Waals surface area contributed by atoms with Crippen LogP contribution >= 0.6 is 0 Å². The number of esters is 1. The molecule has 0 aliphatic carbocycles. The Morgan fingerprint density at radius 1 is 1.38 bits per heavy atom. The molecule has 0 amide bonds. The largest absolute Gasteiger partial charge is 0.466 e. The zero-order valence-electron chi connectivity index (χ0n) is 10.5. The van der Waals surface area contributed by atoms with Crippen LogP contribution in [0.2, 0.25) is 0 Å². The lowest BCUT2D eigenvalue weighted by Crippen LogP contribution is -2.37. The number of ether oxygens (including phenoxy) is 1. The van der Waals surface area contributed by atoms with E-state index in [1.54, 1.807) is 0 Å². The molecule has 0 aromatic heterocycles. The maximum Gasteiger partial charge on any atom is 0.309 e. The lowest BCUT2D eigenvalue weighted by Gasteiger charge is -2.31. The number of hydrogen-bond donors (Lipinski definition) is 0. The molecule has 0 bridgehead atoms. The lowest BCUT2D eigenvalue weighted by atomic mass is 9.96. The molecule has 1 aliphatic heterocycles. The Labute approximate surface area is 98.5 Å². The monoisotopic (exact) mass is 225 g/mol. The fourth-order valence-electron chi connectivity index (χ4n) is 2.01. The number of hydrogen-bond acceptors (Lipinski definition) is 3. The smallest absolute Gasteiger partial charge is 0.309 e. The number of likely N-dealkylation sites (tertiary alicyclic amines) is 1. The molecule has 0 aromatic rings. The maximum atomic E-state index is 11.5.